The summed E-state index contributed by atoms with van der Waals surface area (Å²) in [6, 6.07) is 21.6. The number of hydrogen-bond acceptors (Lipinski definition) is 4. The Bertz CT molecular complexity index is 1050. The van der Waals surface area contributed by atoms with Crippen LogP contribution in [0.15, 0.2) is 77.7 Å². The molecule has 0 aliphatic carbocycles. The largest absolute Gasteiger partial charge is 0.489 e. The first-order chi connectivity index (χ1) is 15.7. The Morgan fingerprint density at radius 1 is 0.906 bits per heavy atom. The summed E-state index contributed by atoms with van der Waals surface area (Å²) >= 11 is 0. The lowest BCUT2D eigenvalue weighted by Gasteiger charge is -2.53. The highest BCUT2D eigenvalue weighted by Crippen LogP contribution is 2.41. The van der Waals surface area contributed by atoms with Crippen LogP contribution in [-0.4, -0.2) is 30.7 Å². The van der Waals surface area contributed by atoms with E-state index in [2.05, 4.69) is 22.3 Å². The SMILES string of the molecule is CC.O=c1cc(OCc2ccccc2)ccn1-c1ccc(N2CC3(CCNCC3)C2)cc1. The highest BCUT2D eigenvalue weighted by molar-refractivity contribution is 5.53. The van der Waals surface area contributed by atoms with Crippen molar-refractivity contribution in [3.8, 4) is 11.4 Å². The number of anilines is 1. The van der Waals surface area contributed by atoms with Gasteiger partial charge in [0.1, 0.15) is 12.4 Å². The van der Waals surface area contributed by atoms with E-state index in [1.807, 2.05) is 62.4 Å². The van der Waals surface area contributed by atoms with Crippen LogP contribution in [0.2, 0.25) is 0 Å². The van der Waals surface area contributed by atoms with Gasteiger partial charge >= 0.3 is 0 Å². The van der Waals surface area contributed by atoms with Crippen molar-refractivity contribution >= 4 is 5.69 Å². The van der Waals surface area contributed by atoms with Crippen molar-refractivity contribution < 1.29 is 4.74 Å². The lowest BCUT2D eigenvalue weighted by Crippen LogP contribution is -2.60. The monoisotopic (exact) mass is 431 g/mol. The van der Waals surface area contributed by atoms with Gasteiger partial charge < -0.3 is 15.0 Å². The van der Waals surface area contributed by atoms with Gasteiger partial charge in [0.15, 0.2) is 0 Å². The summed E-state index contributed by atoms with van der Waals surface area (Å²) in [5.74, 6) is 0.588. The number of ether oxygens (including phenoxy) is 1. The zero-order chi connectivity index (χ0) is 22.4. The van der Waals surface area contributed by atoms with Crippen LogP contribution in [0, 0.1) is 5.41 Å². The van der Waals surface area contributed by atoms with Crippen molar-refractivity contribution in [1.29, 1.82) is 0 Å². The summed E-state index contributed by atoms with van der Waals surface area (Å²) in [6.07, 6.45) is 4.33. The molecule has 2 saturated heterocycles. The summed E-state index contributed by atoms with van der Waals surface area (Å²) in [5.41, 5.74) is 3.60. The van der Waals surface area contributed by atoms with Crippen molar-refractivity contribution in [1.82, 2.24) is 9.88 Å². The maximum Gasteiger partial charge on any atom is 0.258 e. The van der Waals surface area contributed by atoms with Gasteiger partial charge in [0, 0.05) is 42.1 Å². The van der Waals surface area contributed by atoms with Crippen molar-refractivity contribution in [2.24, 2.45) is 5.41 Å². The number of hydrogen-bond donors (Lipinski definition) is 1. The number of nitrogens with one attached hydrogen (secondary N) is 1. The van der Waals surface area contributed by atoms with Gasteiger partial charge in [0.05, 0.1) is 0 Å². The van der Waals surface area contributed by atoms with Gasteiger partial charge in [-0.1, -0.05) is 44.2 Å². The van der Waals surface area contributed by atoms with Crippen LogP contribution < -0.4 is 20.5 Å². The number of nitrogens with zero attached hydrogens (tertiary/aromatic N) is 2. The highest BCUT2D eigenvalue weighted by Gasteiger charge is 2.43. The smallest absolute Gasteiger partial charge is 0.258 e. The fourth-order valence-corrected chi connectivity index (χ4v) is 4.55. The quantitative estimate of drug-likeness (QED) is 0.640. The summed E-state index contributed by atoms with van der Waals surface area (Å²) in [4.78, 5) is 15.0. The molecule has 5 nitrogen and oxygen atoms in total. The molecule has 2 fully saturated rings. The minimum atomic E-state index is -0.0917. The van der Waals surface area contributed by atoms with Crippen LogP contribution in [0.4, 0.5) is 5.69 Å². The Kier molecular flexibility index (Phi) is 6.96. The van der Waals surface area contributed by atoms with E-state index in [0.717, 1.165) is 37.4 Å². The molecule has 0 bridgehead atoms. The van der Waals surface area contributed by atoms with Crippen LogP contribution in [0.25, 0.3) is 5.69 Å². The molecule has 2 aliphatic rings. The molecule has 1 N–H and O–H groups in total. The third-order valence-corrected chi connectivity index (χ3v) is 6.35. The molecule has 32 heavy (non-hydrogen) atoms. The molecule has 0 amide bonds. The van der Waals surface area contributed by atoms with Crippen molar-refractivity contribution in [3.63, 3.8) is 0 Å². The van der Waals surface area contributed by atoms with Gasteiger partial charge in [0.2, 0.25) is 0 Å². The van der Waals surface area contributed by atoms with Gasteiger partial charge in [-0.15, -0.1) is 0 Å². The number of piperidine rings is 1. The Balaban J connectivity index is 0.00000119. The molecule has 0 radical (unpaired) electrons. The molecule has 3 aromatic rings. The summed E-state index contributed by atoms with van der Waals surface area (Å²) in [5, 5.41) is 3.45. The van der Waals surface area contributed by atoms with Gasteiger partial charge in [-0.2, -0.15) is 0 Å². The van der Waals surface area contributed by atoms with E-state index in [4.69, 9.17) is 4.74 Å². The number of rotatable bonds is 5. The fourth-order valence-electron chi connectivity index (χ4n) is 4.55. The molecule has 5 rings (SSSR count). The zero-order valence-electron chi connectivity index (χ0n) is 19.1. The van der Waals surface area contributed by atoms with Gasteiger partial charge in [-0.3, -0.25) is 9.36 Å². The molecule has 1 aromatic heterocycles. The fraction of sp³-hybridized carbons (Fsp3) is 0.370. The number of pyridine rings is 1. The van der Waals surface area contributed by atoms with E-state index in [0.29, 0.717) is 17.8 Å². The topological polar surface area (TPSA) is 46.5 Å². The second-order valence-electron chi connectivity index (χ2n) is 8.47. The molecule has 2 aromatic carbocycles. The third kappa shape index (κ3) is 4.89. The van der Waals surface area contributed by atoms with E-state index in [1.165, 1.54) is 18.5 Å². The van der Waals surface area contributed by atoms with Gasteiger partial charge in [-0.05, 0) is 61.8 Å². The molecular weight excluding hydrogens is 398 g/mol. The Morgan fingerprint density at radius 3 is 2.22 bits per heavy atom. The number of benzene rings is 2. The second-order valence-corrected chi connectivity index (χ2v) is 8.47. The van der Waals surface area contributed by atoms with Gasteiger partial charge in [-0.25, -0.2) is 0 Å². The summed E-state index contributed by atoms with van der Waals surface area (Å²) in [7, 11) is 0. The normalized spacial score (nSPS) is 16.6. The third-order valence-electron chi connectivity index (χ3n) is 6.35. The highest BCUT2D eigenvalue weighted by atomic mass is 16.5. The van der Waals surface area contributed by atoms with Crippen LogP contribution >= 0.6 is 0 Å². The Hall–Kier alpha value is -3.05. The van der Waals surface area contributed by atoms with E-state index >= 15 is 0 Å². The summed E-state index contributed by atoms with van der Waals surface area (Å²) < 4.78 is 7.42. The van der Waals surface area contributed by atoms with Crippen LogP contribution in [-0.2, 0) is 6.61 Å². The molecule has 2 aliphatic heterocycles. The second kappa shape index (κ2) is 10.0. The molecule has 168 valence electrons. The van der Waals surface area contributed by atoms with Crippen LogP contribution in [0.5, 0.6) is 5.75 Å². The van der Waals surface area contributed by atoms with Crippen molar-refractivity contribution in [2.75, 3.05) is 31.1 Å². The van der Waals surface area contributed by atoms with E-state index in [9.17, 15) is 4.79 Å². The average Bonchev–Trinajstić information content (AvgIpc) is 2.84. The Morgan fingerprint density at radius 2 is 1.56 bits per heavy atom. The zero-order valence-corrected chi connectivity index (χ0v) is 19.1. The maximum atomic E-state index is 12.6. The molecule has 0 unspecified atom stereocenters. The minimum absolute atomic E-state index is 0.0917. The number of aromatic nitrogens is 1. The molecule has 0 saturated carbocycles. The minimum Gasteiger partial charge on any atom is -0.489 e. The first-order valence-corrected chi connectivity index (χ1v) is 11.7. The lowest BCUT2D eigenvalue weighted by molar-refractivity contribution is 0.150. The first-order valence-electron chi connectivity index (χ1n) is 11.7. The maximum absolute atomic E-state index is 12.6. The van der Waals surface area contributed by atoms with Crippen molar-refractivity contribution in [3.05, 3.63) is 88.8 Å². The molecule has 1 spiro atoms. The van der Waals surface area contributed by atoms with E-state index < -0.39 is 0 Å². The van der Waals surface area contributed by atoms with Crippen molar-refractivity contribution in [2.45, 2.75) is 33.3 Å². The molecular formula is C27H33N3O2. The average molecular weight is 432 g/mol. The Labute approximate surface area is 190 Å². The molecule has 5 heteroatoms. The standard InChI is InChI=1S/C25H27N3O2.C2H6/c29-24-16-23(30-17-20-4-2-1-3-5-20)10-15-28(24)22-8-6-21(7-9-22)27-18-25(19-27)11-13-26-14-12-25;1-2/h1-10,15-16,26H,11-14,17-19H2;1-2H3. The van der Waals surface area contributed by atoms with E-state index in [1.54, 1.807) is 16.8 Å². The predicted octanol–water partition coefficient (Wildman–Crippen LogP) is 4.63. The molecule has 3 heterocycles. The summed E-state index contributed by atoms with van der Waals surface area (Å²) in [6.45, 7) is 9.01. The predicted molar refractivity (Wildman–Crippen MR) is 131 cm³/mol. The lowest BCUT2D eigenvalue weighted by atomic mass is 9.72. The molecule has 0 atom stereocenters. The van der Waals surface area contributed by atoms with E-state index in [-0.39, 0.29) is 5.56 Å². The van der Waals surface area contributed by atoms with Crippen LogP contribution in [0.1, 0.15) is 32.3 Å². The first kappa shape index (κ1) is 22.2. The van der Waals surface area contributed by atoms with Gasteiger partial charge in [0.25, 0.3) is 5.56 Å². The van der Waals surface area contributed by atoms with Crippen LogP contribution in [0.3, 0.4) is 0 Å².